The maximum atomic E-state index is 2.54. The van der Waals surface area contributed by atoms with E-state index >= 15 is 0 Å². The minimum absolute atomic E-state index is 0. The van der Waals surface area contributed by atoms with Crippen molar-refractivity contribution in [3.05, 3.63) is 0 Å². The maximum absolute atomic E-state index is 2.54. The molecule has 0 atom stereocenters. The maximum Gasteiger partial charge on any atom is 0 e. The summed E-state index contributed by atoms with van der Waals surface area (Å²) < 4.78 is 0. The molecular weight excluding hydrogens is 149 g/mol. The second kappa shape index (κ2) is 10.5. The van der Waals surface area contributed by atoms with Gasteiger partial charge in [-0.1, -0.05) is 20.8 Å². The fourth-order valence-electron chi connectivity index (χ4n) is 1.28. The second-order valence-electron chi connectivity index (χ2n) is 2.84. The molecule has 0 N–H and O–H groups in total. The summed E-state index contributed by atoms with van der Waals surface area (Å²) in [6.07, 6.45) is 3.88. The predicted octanol–water partition coefficient (Wildman–Crippen LogP) is 2.14. The molecule has 0 aliphatic rings. The lowest BCUT2D eigenvalue weighted by atomic mass is 10.3. The summed E-state index contributed by atoms with van der Waals surface area (Å²) in [5.41, 5.74) is 0. The molecule has 0 rings (SSSR count). The predicted molar refractivity (Wildman–Crippen MR) is 53.1 cm³/mol. The molecule has 0 aromatic rings. The van der Waals surface area contributed by atoms with Gasteiger partial charge in [-0.25, -0.2) is 0 Å². The van der Waals surface area contributed by atoms with Crippen LogP contribution in [0.15, 0.2) is 0 Å². The standard InChI is InChI=1S/C9H21N.Al/c1-4-7-10(8-5-2)9-6-3;/h4-9H2,1-3H3;. The Labute approximate surface area is 82.3 Å². The van der Waals surface area contributed by atoms with E-state index in [-0.39, 0.29) is 17.4 Å². The molecule has 11 heavy (non-hydrogen) atoms. The van der Waals surface area contributed by atoms with Crippen molar-refractivity contribution < 1.29 is 0 Å². The Morgan fingerprint density at radius 2 is 1.00 bits per heavy atom. The largest absolute Gasteiger partial charge is 0.303 e. The molecule has 0 aromatic heterocycles. The molecule has 3 radical (unpaired) electrons. The van der Waals surface area contributed by atoms with Crippen molar-refractivity contribution in [3.63, 3.8) is 0 Å². The highest BCUT2D eigenvalue weighted by atomic mass is 27.0. The lowest BCUT2D eigenvalue weighted by molar-refractivity contribution is 0.275. The molecule has 0 fully saturated rings. The van der Waals surface area contributed by atoms with Gasteiger partial charge in [0.15, 0.2) is 0 Å². The van der Waals surface area contributed by atoms with Gasteiger partial charge in [-0.2, -0.15) is 0 Å². The normalized spacial score (nSPS) is 9.82. The summed E-state index contributed by atoms with van der Waals surface area (Å²) in [4.78, 5) is 2.54. The quantitative estimate of drug-likeness (QED) is 0.552. The minimum atomic E-state index is 0. The summed E-state index contributed by atoms with van der Waals surface area (Å²) in [6.45, 7) is 10.6. The van der Waals surface area contributed by atoms with E-state index in [1.165, 1.54) is 38.9 Å². The molecule has 0 spiro atoms. The Kier molecular flexibility index (Phi) is 13.4. The number of hydrogen-bond acceptors (Lipinski definition) is 1. The molecular formula is C9H21AlN. The SMILES string of the molecule is CCCN(CCC)CCC.[Al]. The molecule has 0 aromatic carbocycles. The van der Waals surface area contributed by atoms with E-state index in [2.05, 4.69) is 25.7 Å². The smallest absolute Gasteiger partial charge is 0 e. The first kappa shape index (κ1) is 14.0. The molecule has 0 bridgehead atoms. The first-order chi connectivity index (χ1) is 4.85. The molecule has 0 aliphatic heterocycles. The lowest BCUT2D eigenvalue weighted by Crippen LogP contribution is -2.25. The van der Waals surface area contributed by atoms with Crippen molar-refractivity contribution in [1.82, 2.24) is 4.90 Å². The van der Waals surface area contributed by atoms with Crippen LogP contribution in [0.1, 0.15) is 40.0 Å². The van der Waals surface area contributed by atoms with Gasteiger partial charge in [0, 0.05) is 17.4 Å². The van der Waals surface area contributed by atoms with Gasteiger partial charge >= 0.3 is 0 Å². The molecule has 0 saturated carbocycles. The zero-order chi connectivity index (χ0) is 7.82. The molecule has 65 valence electrons. The lowest BCUT2D eigenvalue weighted by Gasteiger charge is -2.19. The number of rotatable bonds is 6. The molecule has 0 amide bonds. The molecule has 0 aliphatic carbocycles. The van der Waals surface area contributed by atoms with Crippen LogP contribution in [-0.2, 0) is 0 Å². The topological polar surface area (TPSA) is 3.24 Å². The van der Waals surface area contributed by atoms with Gasteiger partial charge in [-0.05, 0) is 38.9 Å². The Morgan fingerprint density at radius 1 is 0.727 bits per heavy atom. The monoisotopic (exact) mass is 170 g/mol. The van der Waals surface area contributed by atoms with Gasteiger partial charge in [0.05, 0.1) is 0 Å². The number of nitrogens with zero attached hydrogens (tertiary/aromatic N) is 1. The highest BCUT2D eigenvalue weighted by Gasteiger charge is 1.98. The van der Waals surface area contributed by atoms with Gasteiger partial charge in [0.1, 0.15) is 0 Å². The molecule has 1 nitrogen and oxygen atoms in total. The van der Waals surface area contributed by atoms with Crippen LogP contribution in [0.2, 0.25) is 0 Å². The summed E-state index contributed by atoms with van der Waals surface area (Å²) in [6, 6.07) is 0. The van der Waals surface area contributed by atoms with E-state index in [1.54, 1.807) is 0 Å². The average Bonchev–Trinajstić information content (AvgIpc) is 1.90. The van der Waals surface area contributed by atoms with Gasteiger partial charge in [0.2, 0.25) is 0 Å². The van der Waals surface area contributed by atoms with Crippen LogP contribution >= 0.6 is 0 Å². The zero-order valence-corrected chi connectivity index (χ0v) is 9.42. The highest BCUT2D eigenvalue weighted by molar-refractivity contribution is 5.75. The molecule has 0 unspecified atom stereocenters. The molecule has 0 saturated heterocycles. The van der Waals surface area contributed by atoms with Gasteiger partial charge in [-0.3, -0.25) is 0 Å². The van der Waals surface area contributed by atoms with Crippen LogP contribution < -0.4 is 0 Å². The highest BCUT2D eigenvalue weighted by Crippen LogP contribution is 1.94. The van der Waals surface area contributed by atoms with E-state index in [1.807, 2.05) is 0 Å². The summed E-state index contributed by atoms with van der Waals surface area (Å²) in [5, 5.41) is 0. The van der Waals surface area contributed by atoms with E-state index in [4.69, 9.17) is 0 Å². The Hall–Kier alpha value is 0.492. The van der Waals surface area contributed by atoms with Crippen molar-refractivity contribution in [3.8, 4) is 0 Å². The summed E-state index contributed by atoms with van der Waals surface area (Å²) in [5.74, 6) is 0. The zero-order valence-electron chi connectivity index (χ0n) is 8.27. The van der Waals surface area contributed by atoms with Crippen LogP contribution in [0.5, 0.6) is 0 Å². The van der Waals surface area contributed by atoms with Crippen LogP contribution in [0.25, 0.3) is 0 Å². The average molecular weight is 170 g/mol. The Bertz CT molecular complexity index is 52.3. The van der Waals surface area contributed by atoms with Crippen LogP contribution in [0.4, 0.5) is 0 Å². The van der Waals surface area contributed by atoms with Crippen LogP contribution in [0, 0.1) is 0 Å². The van der Waals surface area contributed by atoms with Crippen LogP contribution in [0.3, 0.4) is 0 Å². The van der Waals surface area contributed by atoms with Gasteiger partial charge < -0.3 is 4.90 Å². The van der Waals surface area contributed by atoms with E-state index in [0.29, 0.717) is 0 Å². The van der Waals surface area contributed by atoms with Crippen molar-refractivity contribution in [1.29, 1.82) is 0 Å². The van der Waals surface area contributed by atoms with E-state index in [9.17, 15) is 0 Å². The van der Waals surface area contributed by atoms with E-state index < -0.39 is 0 Å². The second-order valence-corrected chi connectivity index (χ2v) is 2.84. The first-order valence-corrected chi connectivity index (χ1v) is 4.57. The summed E-state index contributed by atoms with van der Waals surface area (Å²) in [7, 11) is 0. The Morgan fingerprint density at radius 3 is 1.18 bits per heavy atom. The van der Waals surface area contributed by atoms with Crippen molar-refractivity contribution in [2.75, 3.05) is 19.6 Å². The number of hydrogen-bond donors (Lipinski definition) is 0. The first-order valence-electron chi connectivity index (χ1n) is 4.57. The third-order valence-corrected chi connectivity index (χ3v) is 1.62. The summed E-state index contributed by atoms with van der Waals surface area (Å²) >= 11 is 0. The van der Waals surface area contributed by atoms with Gasteiger partial charge in [0.25, 0.3) is 0 Å². The third-order valence-electron chi connectivity index (χ3n) is 1.62. The van der Waals surface area contributed by atoms with Crippen LogP contribution in [-0.4, -0.2) is 41.9 Å². The van der Waals surface area contributed by atoms with E-state index in [0.717, 1.165) is 0 Å². The minimum Gasteiger partial charge on any atom is -0.303 e. The molecule has 0 heterocycles. The van der Waals surface area contributed by atoms with Crippen molar-refractivity contribution in [2.45, 2.75) is 40.0 Å². The third kappa shape index (κ3) is 8.40. The van der Waals surface area contributed by atoms with Crippen molar-refractivity contribution in [2.24, 2.45) is 0 Å². The Balaban J connectivity index is 0. The molecule has 2 heteroatoms. The van der Waals surface area contributed by atoms with Crippen molar-refractivity contribution >= 4 is 17.4 Å². The van der Waals surface area contributed by atoms with Gasteiger partial charge in [-0.15, -0.1) is 0 Å². The fourth-order valence-corrected chi connectivity index (χ4v) is 1.28. The fraction of sp³-hybridized carbons (Fsp3) is 1.00.